The van der Waals surface area contributed by atoms with Crippen LogP contribution in [0.15, 0.2) is 30.5 Å². The van der Waals surface area contributed by atoms with Gasteiger partial charge in [-0.2, -0.15) is 10.4 Å². The normalized spacial score (nSPS) is 11.1. The van der Waals surface area contributed by atoms with Crippen molar-refractivity contribution in [2.24, 2.45) is 0 Å². The topological polar surface area (TPSA) is 64.5 Å². The van der Waals surface area contributed by atoms with Crippen molar-refractivity contribution in [3.05, 3.63) is 47.3 Å². The predicted octanol–water partition coefficient (Wildman–Crippen LogP) is 3.13. The summed E-state index contributed by atoms with van der Waals surface area (Å²) in [5.74, 6) is 0. The molecule has 0 radical (unpaired) electrons. The molecule has 0 bridgehead atoms. The fourth-order valence-electron chi connectivity index (χ4n) is 1.82. The quantitative estimate of drug-likeness (QED) is 0.881. The Bertz CT molecular complexity index is 587. The van der Waals surface area contributed by atoms with Crippen LogP contribution >= 0.6 is 0 Å². The first-order valence-corrected chi connectivity index (χ1v) is 6.27. The van der Waals surface area contributed by atoms with Gasteiger partial charge in [0.05, 0.1) is 17.7 Å². The maximum atomic E-state index is 9.10. The second-order valence-electron chi connectivity index (χ2n) is 5.19. The van der Waals surface area contributed by atoms with E-state index in [9.17, 15) is 0 Å². The van der Waals surface area contributed by atoms with Crippen LogP contribution in [0.1, 0.15) is 30.7 Å². The summed E-state index contributed by atoms with van der Waals surface area (Å²) in [7, 11) is 0. The number of nitrogens with zero attached hydrogens (tertiary/aromatic N) is 2. The molecule has 1 aromatic carbocycles. The van der Waals surface area contributed by atoms with E-state index in [-0.39, 0.29) is 0 Å². The van der Waals surface area contributed by atoms with Gasteiger partial charge in [-0.3, -0.25) is 5.10 Å². The lowest BCUT2D eigenvalue weighted by Crippen LogP contribution is -2.13. The van der Waals surface area contributed by atoms with Crippen LogP contribution in [0.3, 0.4) is 0 Å². The average molecular weight is 254 g/mol. The summed E-state index contributed by atoms with van der Waals surface area (Å²) in [6.45, 7) is 6.58. The fraction of sp³-hybridized carbons (Fsp3) is 0.333. The Kier molecular flexibility index (Phi) is 3.57. The van der Waals surface area contributed by atoms with E-state index in [2.05, 4.69) is 21.6 Å². The average Bonchev–Trinajstić information content (AvgIpc) is 2.82. The number of hydrogen-bond acceptors (Lipinski definition) is 3. The molecule has 0 amide bonds. The number of benzene rings is 1. The lowest BCUT2D eigenvalue weighted by Gasteiger charge is -2.16. The van der Waals surface area contributed by atoms with E-state index in [1.807, 2.05) is 51.2 Å². The molecule has 0 aliphatic heterocycles. The van der Waals surface area contributed by atoms with Gasteiger partial charge in [0.15, 0.2) is 0 Å². The Morgan fingerprint density at radius 1 is 1.32 bits per heavy atom. The number of aryl methyl sites for hydroxylation is 1. The summed E-state index contributed by atoms with van der Waals surface area (Å²) in [5, 5.41) is 19.3. The Hall–Kier alpha value is -2.28. The van der Waals surface area contributed by atoms with Crippen LogP contribution in [0.5, 0.6) is 0 Å². The van der Waals surface area contributed by atoms with E-state index >= 15 is 0 Å². The van der Waals surface area contributed by atoms with Gasteiger partial charge >= 0.3 is 0 Å². The summed E-state index contributed by atoms with van der Waals surface area (Å²) >= 11 is 0. The zero-order chi connectivity index (χ0) is 13.9. The maximum Gasteiger partial charge on any atom is 0.0766 e. The first-order chi connectivity index (χ1) is 9.03. The number of hydrogen-bond donors (Lipinski definition) is 2. The van der Waals surface area contributed by atoms with E-state index in [1.165, 1.54) is 0 Å². The molecule has 1 heterocycles. The van der Waals surface area contributed by atoms with E-state index in [0.717, 1.165) is 29.1 Å². The number of nitrogens with one attached hydrogen (secondary N) is 2. The van der Waals surface area contributed by atoms with Crippen molar-refractivity contribution in [2.45, 2.75) is 32.7 Å². The van der Waals surface area contributed by atoms with Gasteiger partial charge < -0.3 is 5.32 Å². The van der Waals surface area contributed by atoms with Crippen LogP contribution in [0.2, 0.25) is 0 Å². The molecule has 19 heavy (non-hydrogen) atoms. The minimum absolute atomic E-state index is 0.445. The molecule has 0 aliphatic rings. The van der Waals surface area contributed by atoms with Crippen molar-refractivity contribution in [1.29, 1.82) is 5.26 Å². The molecule has 0 aliphatic carbocycles. The van der Waals surface area contributed by atoms with Gasteiger partial charge in [-0.05, 0) is 38.5 Å². The van der Waals surface area contributed by atoms with Gasteiger partial charge in [0.2, 0.25) is 0 Å². The number of nitriles is 1. The van der Waals surface area contributed by atoms with Gasteiger partial charge in [-0.15, -0.1) is 0 Å². The van der Waals surface area contributed by atoms with Gasteiger partial charge in [0, 0.05) is 23.5 Å². The SMILES string of the molecule is Cc1[nH]ncc1CNc1ccc(C(C)(C)C#N)cc1. The van der Waals surface area contributed by atoms with Gasteiger partial charge in [0.25, 0.3) is 0 Å². The van der Waals surface area contributed by atoms with Gasteiger partial charge in [0.1, 0.15) is 0 Å². The summed E-state index contributed by atoms with van der Waals surface area (Å²) in [5.41, 5.74) is 3.86. The third kappa shape index (κ3) is 2.94. The highest BCUT2D eigenvalue weighted by atomic mass is 15.1. The highest BCUT2D eigenvalue weighted by Crippen LogP contribution is 2.23. The zero-order valence-electron chi connectivity index (χ0n) is 11.5. The molecule has 1 aromatic heterocycles. The van der Waals surface area contributed by atoms with E-state index < -0.39 is 5.41 Å². The molecule has 0 saturated heterocycles. The largest absolute Gasteiger partial charge is 0.381 e. The molecule has 98 valence electrons. The molecule has 2 rings (SSSR count). The van der Waals surface area contributed by atoms with E-state index in [4.69, 9.17) is 5.26 Å². The number of aromatic nitrogens is 2. The lowest BCUT2D eigenvalue weighted by molar-refractivity contribution is 0.687. The van der Waals surface area contributed by atoms with Crippen molar-refractivity contribution in [2.75, 3.05) is 5.32 Å². The number of anilines is 1. The first-order valence-electron chi connectivity index (χ1n) is 6.27. The van der Waals surface area contributed by atoms with Gasteiger partial charge in [-0.1, -0.05) is 12.1 Å². The zero-order valence-corrected chi connectivity index (χ0v) is 11.5. The Morgan fingerprint density at radius 2 is 2.00 bits per heavy atom. The van der Waals surface area contributed by atoms with Crippen LogP contribution in [-0.2, 0) is 12.0 Å². The molecule has 2 N–H and O–H groups in total. The van der Waals surface area contributed by atoms with Crippen LogP contribution in [0.25, 0.3) is 0 Å². The fourth-order valence-corrected chi connectivity index (χ4v) is 1.82. The summed E-state index contributed by atoms with van der Waals surface area (Å²) in [6.07, 6.45) is 1.83. The smallest absolute Gasteiger partial charge is 0.0766 e. The third-order valence-electron chi connectivity index (χ3n) is 3.30. The summed E-state index contributed by atoms with van der Waals surface area (Å²) < 4.78 is 0. The standard InChI is InChI=1S/C15H18N4/c1-11-12(9-18-19-11)8-17-14-6-4-13(5-7-14)15(2,3)10-16/h4-7,9,17H,8H2,1-3H3,(H,18,19). The van der Waals surface area contributed by atoms with Crippen molar-refractivity contribution < 1.29 is 0 Å². The minimum Gasteiger partial charge on any atom is -0.381 e. The second-order valence-corrected chi connectivity index (χ2v) is 5.19. The monoisotopic (exact) mass is 254 g/mol. The number of rotatable bonds is 4. The molecule has 0 spiro atoms. The van der Waals surface area contributed by atoms with Crippen molar-refractivity contribution in [3.63, 3.8) is 0 Å². The van der Waals surface area contributed by atoms with Crippen LogP contribution in [-0.4, -0.2) is 10.2 Å². The molecule has 0 unspecified atom stereocenters. The lowest BCUT2D eigenvalue weighted by atomic mass is 9.86. The molecule has 2 aromatic rings. The van der Waals surface area contributed by atoms with Crippen LogP contribution in [0, 0.1) is 18.3 Å². The second kappa shape index (κ2) is 5.15. The minimum atomic E-state index is -0.445. The number of aromatic amines is 1. The summed E-state index contributed by atoms with van der Waals surface area (Å²) in [6, 6.07) is 10.3. The molecule has 4 nitrogen and oxygen atoms in total. The molecular formula is C15H18N4. The summed E-state index contributed by atoms with van der Waals surface area (Å²) in [4.78, 5) is 0. The molecular weight excluding hydrogens is 236 g/mol. The van der Waals surface area contributed by atoms with E-state index in [1.54, 1.807) is 0 Å². The molecule has 0 fully saturated rings. The van der Waals surface area contributed by atoms with Crippen molar-refractivity contribution in [3.8, 4) is 6.07 Å². The van der Waals surface area contributed by atoms with Crippen molar-refractivity contribution in [1.82, 2.24) is 10.2 Å². The highest BCUT2D eigenvalue weighted by Gasteiger charge is 2.18. The highest BCUT2D eigenvalue weighted by molar-refractivity contribution is 5.47. The molecule has 0 saturated carbocycles. The third-order valence-corrected chi connectivity index (χ3v) is 3.30. The van der Waals surface area contributed by atoms with Crippen molar-refractivity contribution >= 4 is 5.69 Å². The van der Waals surface area contributed by atoms with E-state index in [0.29, 0.717) is 0 Å². The van der Waals surface area contributed by atoms with Gasteiger partial charge in [-0.25, -0.2) is 0 Å². The maximum absolute atomic E-state index is 9.10. The molecule has 4 heteroatoms. The Balaban J connectivity index is 2.04. The molecule has 0 atom stereocenters. The number of H-pyrrole nitrogens is 1. The predicted molar refractivity (Wildman–Crippen MR) is 75.7 cm³/mol. The first kappa shape index (κ1) is 13.2. The Labute approximate surface area is 113 Å². The Morgan fingerprint density at radius 3 is 2.53 bits per heavy atom. The van der Waals surface area contributed by atoms with Crippen LogP contribution in [0.4, 0.5) is 5.69 Å². The van der Waals surface area contributed by atoms with Crippen LogP contribution < -0.4 is 5.32 Å².